The van der Waals surface area contributed by atoms with Crippen LogP contribution in [-0.4, -0.2) is 42.1 Å². The number of nitrogens with zero attached hydrogens (tertiary/aromatic N) is 3. The van der Waals surface area contributed by atoms with Gasteiger partial charge in [-0.05, 0) is 43.3 Å². The average molecular weight is 325 g/mol. The van der Waals surface area contributed by atoms with Crippen LogP contribution in [0.25, 0.3) is 5.65 Å². The van der Waals surface area contributed by atoms with Crippen molar-refractivity contribution in [1.82, 2.24) is 14.3 Å². The van der Waals surface area contributed by atoms with Gasteiger partial charge in [0.15, 0.2) is 11.5 Å². The Morgan fingerprint density at radius 1 is 1.08 bits per heavy atom. The van der Waals surface area contributed by atoms with Crippen LogP contribution in [0.3, 0.4) is 0 Å². The van der Waals surface area contributed by atoms with Crippen LogP contribution in [0, 0.1) is 0 Å². The molecule has 0 bridgehead atoms. The van der Waals surface area contributed by atoms with Crippen LogP contribution in [-0.2, 0) is 13.0 Å². The molecule has 0 amide bonds. The smallest absolute Gasteiger partial charge is 0.160 e. The lowest BCUT2D eigenvalue weighted by atomic mass is 10.1. The fraction of sp³-hybridized carbons (Fsp3) is 0.316. The summed E-state index contributed by atoms with van der Waals surface area (Å²) in [5.74, 6) is 1.54. The molecule has 0 saturated heterocycles. The number of methoxy groups -OCH3 is 2. The van der Waals surface area contributed by atoms with Gasteiger partial charge in [-0.25, -0.2) is 4.98 Å². The van der Waals surface area contributed by atoms with E-state index in [2.05, 4.69) is 33.6 Å². The van der Waals surface area contributed by atoms with E-state index in [0.29, 0.717) is 0 Å². The minimum absolute atomic E-state index is 0.764. The van der Waals surface area contributed by atoms with E-state index in [0.717, 1.165) is 36.7 Å². The van der Waals surface area contributed by atoms with Crippen LogP contribution in [0.4, 0.5) is 0 Å². The summed E-state index contributed by atoms with van der Waals surface area (Å²) in [6.45, 7) is 1.81. The second-order valence-electron chi connectivity index (χ2n) is 5.86. The number of hydrogen-bond acceptors (Lipinski definition) is 4. The highest BCUT2D eigenvalue weighted by atomic mass is 16.5. The number of imidazole rings is 1. The van der Waals surface area contributed by atoms with Gasteiger partial charge >= 0.3 is 0 Å². The van der Waals surface area contributed by atoms with Crippen molar-refractivity contribution in [2.75, 3.05) is 27.8 Å². The molecule has 3 aromatic rings. The van der Waals surface area contributed by atoms with E-state index < -0.39 is 0 Å². The van der Waals surface area contributed by atoms with Gasteiger partial charge in [0.25, 0.3) is 0 Å². The summed E-state index contributed by atoms with van der Waals surface area (Å²) in [5, 5.41) is 0. The zero-order chi connectivity index (χ0) is 16.9. The molecule has 0 N–H and O–H groups in total. The molecule has 5 heteroatoms. The number of fused-ring (bicyclic) bond motifs is 1. The number of ether oxygens (including phenoxy) is 2. The van der Waals surface area contributed by atoms with Gasteiger partial charge < -0.3 is 18.8 Å². The van der Waals surface area contributed by atoms with Crippen LogP contribution < -0.4 is 9.47 Å². The maximum absolute atomic E-state index is 5.37. The third-order valence-corrected chi connectivity index (χ3v) is 4.16. The number of aromatic nitrogens is 2. The van der Waals surface area contributed by atoms with E-state index in [9.17, 15) is 0 Å². The molecular weight excluding hydrogens is 302 g/mol. The maximum Gasteiger partial charge on any atom is 0.160 e. The molecule has 0 fully saturated rings. The predicted octanol–water partition coefficient (Wildman–Crippen LogP) is 3.03. The van der Waals surface area contributed by atoms with E-state index in [-0.39, 0.29) is 0 Å². The Morgan fingerprint density at radius 3 is 2.71 bits per heavy atom. The van der Waals surface area contributed by atoms with Crippen LogP contribution in [0.1, 0.15) is 11.3 Å². The van der Waals surface area contributed by atoms with Crippen molar-refractivity contribution in [3.05, 3.63) is 60.0 Å². The van der Waals surface area contributed by atoms with Crippen molar-refractivity contribution in [1.29, 1.82) is 0 Å². The number of rotatable bonds is 7. The summed E-state index contributed by atoms with van der Waals surface area (Å²) in [4.78, 5) is 6.74. The molecule has 0 unspecified atom stereocenters. The van der Waals surface area contributed by atoms with E-state index in [1.54, 1.807) is 14.2 Å². The third-order valence-electron chi connectivity index (χ3n) is 4.16. The fourth-order valence-corrected chi connectivity index (χ4v) is 2.81. The molecule has 126 valence electrons. The van der Waals surface area contributed by atoms with Gasteiger partial charge in [-0.15, -0.1) is 0 Å². The first kappa shape index (κ1) is 16.3. The van der Waals surface area contributed by atoms with Gasteiger partial charge in [0.05, 0.1) is 26.1 Å². The summed E-state index contributed by atoms with van der Waals surface area (Å²) in [6.07, 6.45) is 4.95. The topological polar surface area (TPSA) is 39.0 Å². The Hall–Kier alpha value is -2.53. The molecule has 0 saturated carbocycles. The first-order valence-electron chi connectivity index (χ1n) is 8.01. The summed E-state index contributed by atoms with van der Waals surface area (Å²) in [5.41, 5.74) is 3.42. The quantitative estimate of drug-likeness (QED) is 0.669. The summed E-state index contributed by atoms with van der Waals surface area (Å²) >= 11 is 0. The SMILES string of the molecule is COc1ccc(CCN(C)Cc2cnc3ccccn23)cc1OC. The lowest BCUT2D eigenvalue weighted by Gasteiger charge is -2.17. The van der Waals surface area contributed by atoms with E-state index in [1.165, 1.54) is 11.3 Å². The van der Waals surface area contributed by atoms with Crippen molar-refractivity contribution in [3.8, 4) is 11.5 Å². The Bertz CT molecular complexity index is 813. The maximum atomic E-state index is 5.37. The molecule has 2 heterocycles. The summed E-state index contributed by atoms with van der Waals surface area (Å²) in [7, 11) is 5.45. The Labute approximate surface area is 142 Å². The van der Waals surface area contributed by atoms with Crippen LogP contribution in [0.5, 0.6) is 11.5 Å². The van der Waals surface area contributed by atoms with Crippen molar-refractivity contribution in [2.24, 2.45) is 0 Å². The molecule has 0 aliphatic heterocycles. The highest BCUT2D eigenvalue weighted by Gasteiger charge is 2.08. The largest absolute Gasteiger partial charge is 0.493 e. The van der Waals surface area contributed by atoms with Crippen LogP contribution >= 0.6 is 0 Å². The van der Waals surface area contributed by atoms with Gasteiger partial charge in [0.2, 0.25) is 0 Å². The van der Waals surface area contributed by atoms with Crippen LogP contribution in [0.2, 0.25) is 0 Å². The average Bonchev–Trinajstić information content (AvgIpc) is 3.02. The van der Waals surface area contributed by atoms with Crippen molar-refractivity contribution < 1.29 is 9.47 Å². The number of hydrogen-bond donors (Lipinski definition) is 0. The van der Waals surface area contributed by atoms with Gasteiger partial charge in [0, 0.05) is 19.3 Å². The molecule has 2 aromatic heterocycles. The molecular formula is C19H23N3O2. The first-order valence-corrected chi connectivity index (χ1v) is 8.01. The lowest BCUT2D eigenvalue weighted by Crippen LogP contribution is -2.21. The minimum Gasteiger partial charge on any atom is -0.493 e. The second kappa shape index (κ2) is 7.36. The molecule has 24 heavy (non-hydrogen) atoms. The highest BCUT2D eigenvalue weighted by molar-refractivity contribution is 5.43. The lowest BCUT2D eigenvalue weighted by molar-refractivity contribution is 0.325. The number of pyridine rings is 1. The highest BCUT2D eigenvalue weighted by Crippen LogP contribution is 2.27. The summed E-state index contributed by atoms with van der Waals surface area (Å²) in [6, 6.07) is 12.1. The van der Waals surface area contributed by atoms with E-state index in [1.807, 2.05) is 36.5 Å². The van der Waals surface area contributed by atoms with Gasteiger partial charge in [0.1, 0.15) is 5.65 Å². The van der Waals surface area contributed by atoms with Gasteiger partial charge in [-0.1, -0.05) is 12.1 Å². The first-order chi connectivity index (χ1) is 11.7. The van der Waals surface area contributed by atoms with Crippen molar-refractivity contribution in [3.63, 3.8) is 0 Å². The van der Waals surface area contributed by atoms with Crippen molar-refractivity contribution in [2.45, 2.75) is 13.0 Å². The van der Waals surface area contributed by atoms with Crippen LogP contribution in [0.15, 0.2) is 48.8 Å². The minimum atomic E-state index is 0.764. The Balaban J connectivity index is 1.62. The monoisotopic (exact) mass is 325 g/mol. The zero-order valence-corrected chi connectivity index (χ0v) is 14.4. The fourth-order valence-electron chi connectivity index (χ4n) is 2.81. The van der Waals surface area contributed by atoms with Gasteiger partial charge in [-0.2, -0.15) is 0 Å². The van der Waals surface area contributed by atoms with Gasteiger partial charge in [-0.3, -0.25) is 0 Å². The van der Waals surface area contributed by atoms with E-state index in [4.69, 9.17) is 9.47 Å². The van der Waals surface area contributed by atoms with Crippen molar-refractivity contribution >= 4 is 5.65 Å². The molecule has 0 aliphatic carbocycles. The molecule has 0 spiro atoms. The predicted molar refractivity (Wildman–Crippen MR) is 94.8 cm³/mol. The molecule has 5 nitrogen and oxygen atoms in total. The molecule has 1 aromatic carbocycles. The summed E-state index contributed by atoms with van der Waals surface area (Å²) < 4.78 is 12.8. The Kier molecular flexibility index (Phi) is 5.01. The third kappa shape index (κ3) is 3.51. The second-order valence-corrected chi connectivity index (χ2v) is 5.86. The molecule has 0 radical (unpaired) electrons. The zero-order valence-electron chi connectivity index (χ0n) is 14.4. The molecule has 0 atom stereocenters. The Morgan fingerprint density at radius 2 is 1.92 bits per heavy atom. The molecule has 0 aliphatic rings. The molecule has 3 rings (SSSR count). The van der Waals surface area contributed by atoms with E-state index >= 15 is 0 Å². The normalized spacial score (nSPS) is 11.2. The number of likely N-dealkylation sites (N-methyl/N-ethyl adjacent to an activating group) is 1. The number of benzene rings is 1. The standard InChI is InChI=1S/C19H23N3O2/c1-21(14-16-13-20-19-6-4-5-10-22(16)19)11-9-15-7-8-17(23-2)18(12-15)24-3/h4-8,10,12-13H,9,11,14H2,1-3H3.